The number of ether oxygens (including phenoxy) is 4. The second-order valence-corrected chi connectivity index (χ2v) is 4.68. The molecule has 0 saturated heterocycles. The summed E-state index contributed by atoms with van der Waals surface area (Å²) in [5.74, 6) is 0.430. The van der Waals surface area contributed by atoms with Crippen LogP contribution in [0.25, 0.3) is 0 Å². The van der Waals surface area contributed by atoms with Crippen LogP contribution in [0.2, 0.25) is 0 Å². The van der Waals surface area contributed by atoms with Gasteiger partial charge in [-0.2, -0.15) is 0 Å². The Labute approximate surface area is 136 Å². The standard InChI is InChI=1S/C16H23NO6/c1-20-10-9-17(8-7-15(18)23-4)16(19)12-5-6-13(21-2)14(11-12)22-3/h5-6,11H,7-10H2,1-4H3. The minimum Gasteiger partial charge on any atom is -0.493 e. The zero-order chi connectivity index (χ0) is 17.2. The summed E-state index contributed by atoms with van der Waals surface area (Å²) in [6, 6.07) is 4.93. The topological polar surface area (TPSA) is 74.3 Å². The molecule has 1 aromatic carbocycles. The van der Waals surface area contributed by atoms with Gasteiger partial charge in [-0.3, -0.25) is 9.59 Å². The SMILES string of the molecule is COCCN(CCC(=O)OC)C(=O)c1ccc(OC)c(OC)c1. The van der Waals surface area contributed by atoms with Crippen LogP contribution in [0.5, 0.6) is 11.5 Å². The molecular formula is C16H23NO6. The molecule has 0 radical (unpaired) electrons. The fraction of sp³-hybridized carbons (Fsp3) is 0.500. The van der Waals surface area contributed by atoms with Crippen LogP contribution in [-0.2, 0) is 14.3 Å². The lowest BCUT2D eigenvalue weighted by atomic mass is 10.1. The molecule has 7 nitrogen and oxygen atoms in total. The minimum atomic E-state index is -0.368. The van der Waals surface area contributed by atoms with Crippen LogP contribution in [0, 0.1) is 0 Å². The lowest BCUT2D eigenvalue weighted by Gasteiger charge is -2.22. The van der Waals surface area contributed by atoms with Gasteiger partial charge >= 0.3 is 5.97 Å². The zero-order valence-corrected chi connectivity index (χ0v) is 14.0. The molecule has 128 valence electrons. The van der Waals surface area contributed by atoms with E-state index in [0.717, 1.165) is 0 Å². The molecule has 0 aliphatic carbocycles. The third-order valence-corrected chi connectivity index (χ3v) is 3.30. The van der Waals surface area contributed by atoms with Gasteiger partial charge in [0.2, 0.25) is 0 Å². The van der Waals surface area contributed by atoms with E-state index >= 15 is 0 Å². The minimum absolute atomic E-state index is 0.124. The van der Waals surface area contributed by atoms with Crippen molar-refractivity contribution in [2.45, 2.75) is 6.42 Å². The summed E-state index contributed by atoms with van der Waals surface area (Å²) in [5.41, 5.74) is 0.448. The van der Waals surface area contributed by atoms with Gasteiger partial charge in [-0.15, -0.1) is 0 Å². The number of carbonyl (C=O) groups is 2. The normalized spacial score (nSPS) is 10.1. The molecule has 7 heteroatoms. The molecule has 0 heterocycles. The Morgan fingerprint density at radius 1 is 1.00 bits per heavy atom. The first-order chi connectivity index (χ1) is 11.1. The van der Waals surface area contributed by atoms with Gasteiger partial charge in [0.1, 0.15) is 0 Å². The monoisotopic (exact) mass is 325 g/mol. The summed E-state index contributed by atoms with van der Waals surface area (Å²) in [6.45, 7) is 1.00. The number of methoxy groups -OCH3 is 4. The summed E-state index contributed by atoms with van der Waals surface area (Å²) >= 11 is 0. The van der Waals surface area contributed by atoms with Crippen LogP contribution < -0.4 is 9.47 Å². The highest BCUT2D eigenvalue weighted by Gasteiger charge is 2.18. The molecule has 1 aromatic rings. The average Bonchev–Trinajstić information content (AvgIpc) is 2.60. The number of rotatable bonds is 9. The van der Waals surface area contributed by atoms with E-state index < -0.39 is 0 Å². The van der Waals surface area contributed by atoms with Crippen LogP contribution in [0.15, 0.2) is 18.2 Å². The van der Waals surface area contributed by atoms with Gasteiger partial charge in [0, 0.05) is 25.8 Å². The molecule has 0 N–H and O–H groups in total. The summed E-state index contributed by atoms with van der Waals surface area (Å²) < 4.78 is 20.0. The van der Waals surface area contributed by atoms with Crippen molar-refractivity contribution in [1.82, 2.24) is 4.90 Å². The maximum absolute atomic E-state index is 12.6. The highest BCUT2D eigenvalue weighted by molar-refractivity contribution is 5.95. The first kappa shape index (κ1) is 18.8. The molecule has 1 rings (SSSR count). The van der Waals surface area contributed by atoms with Crippen molar-refractivity contribution in [1.29, 1.82) is 0 Å². The van der Waals surface area contributed by atoms with Crippen LogP contribution >= 0.6 is 0 Å². The van der Waals surface area contributed by atoms with Gasteiger partial charge in [-0.1, -0.05) is 0 Å². The van der Waals surface area contributed by atoms with Gasteiger partial charge in [0.25, 0.3) is 5.91 Å². The lowest BCUT2D eigenvalue weighted by molar-refractivity contribution is -0.140. The predicted molar refractivity (Wildman–Crippen MR) is 84.0 cm³/mol. The third kappa shape index (κ3) is 5.45. The van der Waals surface area contributed by atoms with E-state index in [0.29, 0.717) is 30.2 Å². The number of benzene rings is 1. The Morgan fingerprint density at radius 2 is 1.70 bits per heavy atom. The van der Waals surface area contributed by atoms with Gasteiger partial charge in [0.15, 0.2) is 11.5 Å². The van der Waals surface area contributed by atoms with Crippen molar-refractivity contribution in [3.63, 3.8) is 0 Å². The molecule has 0 aliphatic heterocycles. The van der Waals surface area contributed by atoms with Crippen molar-refractivity contribution < 1.29 is 28.5 Å². The van der Waals surface area contributed by atoms with E-state index in [-0.39, 0.29) is 24.8 Å². The summed E-state index contributed by atoms with van der Waals surface area (Å²) in [5, 5.41) is 0. The van der Waals surface area contributed by atoms with E-state index in [4.69, 9.17) is 14.2 Å². The largest absolute Gasteiger partial charge is 0.493 e. The highest BCUT2D eigenvalue weighted by atomic mass is 16.5. The van der Waals surface area contributed by atoms with E-state index in [1.807, 2.05) is 0 Å². The zero-order valence-electron chi connectivity index (χ0n) is 14.0. The highest BCUT2D eigenvalue weighted by Crippen LogP contribution is 2.28. The molecule has 0 spiro atoms. The Bertz CT molecular complexity index is 531. The van der Waals surface area contributed by atoms with Gasteiger partial charge < -0.3 is 23.8 Å². The van der Waals surface area contributed by atoms with E-state index in [1.54, 1.807) is 30.2 Å². The van der Waals surface area contributed by atoms with Crippen molar-refractivity contribution >= 4 is 11.9 Å². The third-order valence-electron chi connectivity index (χ3n) is 3.30. The van der Waals surface area contributed by atoms with E-state index in [1.165, 1.54) is 21.3 Å². The number of amides is 1. The molecule has 0 fully saturated rings. The second kappa shape index (κ2) is 9.68. The Morgan fingerprint density at radius 3 is 2.26 bits per heavy atom. The predicted octanol–water partition coefficient (Wildman–Crippen LogP) is 1.36. The quantitative estimate of drug-likeness (QED) is 0.638. The van der Waals surface area contributed by atoms with Crippen LogP contribution in [0.1, 0.15) is 16.8 Å². The fourth-order valence-corrected chi connectivity index (χ4v) is 2.00. The fourth-order valence-electron chi connectivity index (χ4n) is 2.00. The molecule has 0 saturated carbocycles. The lowest BCUT2D eigenvalue weighted by Crippen LogP contribution is -2.35. The van der Waals surface area contributed by atoms with Crippen LogP contribution in [0.3, 0.4) is 0 Å². The van der Waals surface area contributed by atoms with Crippen molar-refractivity contribution in [2.75, 3.05) is 48.1 Å². The molecule has 0 atom stereocenters. The van der Waals surface area contributed by atoms with Gasteiger partial charge in [-0.05, 0) is 18.2 Å². The summed E-state index contributed by atoms with van der Waals surface area (Å²) in [6.07, 6.45) is 0.124. The molecule has 0 unspecified atom stereocenters. The maximum atomic E-state index is 12.6. The molecule has 0 bridgehead atoms. The van der Waals surface area contributed by atoms with Crippen molar-refractivity contribution in [3.8, 4) is 11.5 Å². The number of hydrogen-bond donors (Lipinski definition) is 0. The summed E-state index contributed by atoms with van der Waals surface area (Å²) in [4.78, 5) is 25.5. The Kier molecular flexibility index (Phi) is 7.90. The molecule has 23 heavy (non-hydrogen) atoms. The number of carbonyl (C=O) groups excluding carboxylic acids is 2. The van der Waals surface area contributed by atoms with Crippen molar-refractivity contribution in [3.05, 3.63) is 23.8 Å². The van der Waals surface area contributed by atoms with Crippen LogP contribution in [0.4, 0.5) is 0 Å². The molecular weight excluding hydrogens is 302 g/mol. The van der Waals surface area contributed by atoms with E-state index in [9.17, 15) is 9.59 Å². The smallest absolute Gasteiger partial charge is 0.307 e. The van der Waals surface area contributed by atoms with Gasteiger partial charge in [-0.25, -0.2) is 0 Å². The number of nitrogens with zero attached hydrogens (tertiary/aromatic N) is 1. The summed E-state index contributed by atoms with van der Waals surface area (Å²) in [7, 11) is 5.91. The first-order valence-corrected chi connectivity index (χ1v) is 7.14. The first-order valence-electron chi connectivity index (χ1n) is 7.14. The molecule has 1 amide bonds. The van der Waals surface area contributed by atoms with Crippen LogP contribution in [-0.4, -0.2) is 64.9 Å². The maximum Gasteiger partial charge on any atom is 0.307 e. The Balaban J connectivity index is 2.91. The van der Waals surface area contributed by atoms with Gasteiger partial charge in [0.05, 0.1) is 34.4 Å². The number of esters is 1. The van der Waals surface area contributed by atoms with Crippen molar-refractivity contribution in [2.24, 2.45) is 0 Å². The number of hydrogen-bond acceptors (Lipinski definition) is 6. The van der Waals surface area contributed by atoms with E-state index in [2.05, 4.69) is 4.74 Å². The molecule has 0 aromatic heterocycles. The second-order valence-electron chi connectivity index (χ2n) is 4.68. The average molecular weight is 325 g/mol. The molecule has 0 aliphatic rings. The Hall–Kier alpha value is -2.28.